The molecule has 2 aliphatic rings. The summed E-state index contributed by atoms with van der Waals surface area (Å²) in [6, 6.07) is 0. The summed E-state index contributed by atoms with van der Waals surface area (Å²) < 4.78 is 7.24. The molecule has 0 aromatic carbocycles. The first-order valence-electron chi connectivity index (χ1n) is 9.65. The number of carbonyl (C=O) groups is 1. The lowest BCUT2D eigenvalue weighted by atomic mass is 9.79. The molecule has 3 rings (SSSR count). The molecule has 2 N–H and O–H groups in total. The molecule has 1 aromatic heterocycles. The van der Waals surface area contributed by atoms with Gasteiger partial charge in [0.1, 0.15) is 0 Å². The topological polar surface area (TPSA) is 68.2 Å². The number of hydrogen-bond acceptors (Lipinski definition) is 4. The highest BCUT2D eigenvalue weighted by Gasteiger charge is 2.33. The number of amides is 1. The van der Waals surface area contributed by atoms with Crippen molar-refractivity contribution in [2.75, 3.05) is 33.4 Å². The van der Waals surface area contributed by atoms with Crippen molar-refractivity contribution >= 4 is 18.3 Å². The van der Waals surface area contributed by atoms with Crippen molar-refractivity contribution in [1.29, 1.82) is 0 Å². The van der Waals surface area contributed by atoms with E-state index >= 15 is 0 Å². The lowest BCUT2D eigenvalue weighted by Gasteiger charge is -2.37. The average Bonchev–Trinajstić information content (AvgIpc) is 3.03. The van der Waals surface area contributed by atoms with E-state index in [9.17, 15) is 4.79 Å². The second kappa shape index (κ2) is 9.72. The Bertz CT molecular complexity index is 573. The first-order chi connectivity index (χ1) is 12.1. The van der Waals surface area contributed by atoms with Crippen LogP contribution in [0.1, 0.15) is 66.9 Å². The number of piperidine rings is 1. The maximum Gasteiger partial charge on any atom is 0.254 e. The Morgan fingerprint density at radius 2 is 2.04 bits per heavy atom. The summed E-state index contributed by atoms with van der Waals surface area (Å²) in [5.74, 6) is 0.449. The van der Waals surface area contributed by atoms with Gasteiger partial charge in [-0.05, 0) is 38.8 Å². The highest BCUT2D eigenvalue weighted by atomic mass is 35.5. The van der Waals surface area contributed by atoms with Gasteiger partial charge in [-0.3, -0.25) is 9.48 Å². The predicted octanol–water partition coefficient (Wildman–Crippen LogP) is 2.64. The van der Waals surface area contributed by atoms with E-state index in [0.717, 1.165) is 50.0 Å². The molecule has 0 radical (unpaired) electrons. The number of rotatable bonds is 6. The molecule has 1 aromatic rings. The van der Waals surface area contributed by atoms with Crippen molar-refractivity contribution in [3.05, 3.63) is 17.5 Å². The SMILES string of the molecule is COCC1(CNC(=O)c2cn(C)nc2C2CCCCC2)CCNCC1.Cl. The Balaban J connectivity index is 0.00000243. The number of aromatic nitrogens is 2. The van der Waals surface area contributed by atoms with Crippen LogP contribution in [0.3, 0.4) is 0 Å². The molecular formula is C19H33ClN4O2. The number of ether oxygens (including phenoxy) is 1. The van der Waals surface area contributed by atoms with E-state index in [1.54, 1.807) is 11.8 Å². The number of methoxy groups -OCH3 is 1. The molecule has 1 aliphatic carbocycles. The highest BCUT2D eigenvalue weighted by Crippen LogP contribution is 2.34. The van der Waals surface area contributed by atoms with Crippen molar-refractivity contribution in [3.8, 4) is 0 Å². The minimum absolute atomic E-state index is 0. The summed E-state index contributed by atoms with van der Waals surface area (Å²) in [7, 11) is 3.65. The van der Waals surface area contributed by atoms with Crippen LogP contribution in [0.4, 0.5) is 0 Å². The molecule has 26 heavy (non-hydrogen) atoms. The van der Waals surface area contributed by atoms with Crippen molar-refractivity contribution in [2.24, 2.45) is 12.5 Å². The average molecular weight is 385 g/mol. The second-order valence-corrected chi connectivity index (χ2v) is 7.80. The monoisotopic (exact) mass is 384 g/mol. The molecule has 6 nitrogen and oxygen atoms in total. The first kappa shape index (κ1) is 21.2. The van der Waals surface area contributed by atoms with Crippen molar-refractivity contribution in [1.82, 2.24) is 20.4 Å². The van der Waals surface area contributed by atoms with Crippen LogP contribution in [0.5, 0.6) is 0 Å². The van der Waals surface area contributed by atoms with E-state index in [1.165, 1.54) is 19.3 Å². The molecule has 2 heterocycles. The van der Waals surface area contributed by atoms with Crippen LogP contribution in [0.2, 0.25) is 0 Å². The molecule has 7 heteroatoms. The lowest BCUT2D eigenvalue weighted by molar-refractivity contribution is 0.0511. The van der Waals surface area contributed by atoms with Crippen LogP contribution < -0.4 is 10.6 Å². The van der Waals surface area contributed by atoms with Gasteiger partial charge in [-0.1, -0.05) is 19.3 Å². The molecule has 2 fully saturated rings. The molecule has 1 aliphatic heterocycles. The molecule has 1 saturated carbocycles. The number of aryl methyl sites for hydroxylation is 1. The quantitative estimate of drug-likeness (QED) is 0.791. The van der Waals surface area contributed by atoms with Crippen LogP contribution in [0.15, 0.2) is 6.20 Å². The van der Waals surface area contributed by atoms with E-state index in [0.29, 0.717) is 19.1 Å². The summed E-state index contributed by atoms with van der Waals surface area (Å²) >= 11 is 0. The molecule has 0 spiro atoms. The number of halogens is 1. The summed E-state index contributed by atoms with van der Waals surface area (Å²) in [5.41, 5.74) is 1.80. The van der Waals surface area contributed by atoms with Crippen LogP contribution in [0.25, 0.3) is 0 Å². The summed E-state index contributed by atoms with van der Waals surface area (Å²) in [5, 5.41) is 11.2. The predicted molar refractivity (Wildman–Crippen MR) is 105 cm³/mol. The number of carbonyl (C=O) groups excluding carboxylic acids is 1. The third-order valence-electron chi connectivity index (χ3n) is 5.83. The van der Waals surface area contributed by atoms with Gasteiger partial charge < -0.3 is 15.4 Å². The maximum atomic E-state index is 12.9. The lowest BCUT2D eigenvalue weighted by Crippen LogP contribution is -2.47. The van der Waals surface area contributed by atoms with E-state index in [2.05, 4.69) is 15.7 Å². The Morgan fingerprint density at radius 3 is 2.69 bits per heavy atom. The molecule has 148 valence electrons. The minimum atomic E-state index is 0. The van der Waals surface area contributed by atoms with Gasteiger partial charge in [-0.2, -0.15) is 5.10 Å². The zero-order valence-electron chi connectivity index (χ0n) is 16.1. The molecule has 0 unspecified atom stereocenters. The largest absolute Gasteiger partial charge is 0.384 e. The van der Waals surface area contributed by atoms with E-state index < -0.39 is 0 Å². The van der Waals surface area contributed by atoms with Gasteiger partial charge in [0.25, 0.3) is 5.91 Å². The Kier molecular flexibility index (Phi) is 7.92. The Morgan fingerprint density at radius 1 is 1.35 bits per heavy atom. The van der Waals surface area contributed by atoms with Crippen LogP contribution in [0, 0.1) is 5.41 Å². The fourth-order valence-corrected chi connectivity index (χ4v) is 4.36. The van der Waals surface area contributed by atoms with Crippen molar-refractivity contribution in [3.63, 3.8) is 0 Å². The standard InChI is InChI=1S/C19H32N4O2.ClH/c1-23-12-16(17(22-23)15-6-4-3-5-7-15)18(24)21-13-19(14-25-2)8-10-20-11-9-19;/h12,15,20H,3-11,13-14H2,1-2H3,(H,21,24);1H. The molecular weight excluding hydrogens is 352 g/mol. The number of nitrogens with zero attached hydrogens (tertiary/aromatic N) is 2. The normalized spacial score (nSPS) is 20.4. The van der Waals surface area contributed by atoms with Crippen LogP contribution in [-0.4, -0.2) is 49.0 Å². The fourth-order valence-electron chi connectivity index (χ4n) is 4.36. The third-order valence-corrected chi connectivity index (χ3v) is 5.83. The zero-order valence-corrected chi connectivity index (χ0v) is 16.9. The van der Waals surface area contributed by atoms with E-state index in [-0.39, 0.29) is 23.7 Å². The maximum absolute atomic E-state index is 12.9. The zero-order chi connectivity index (χ0) is 17.7. The van der Waals surface area contributed by atoms with E-state index in [4.69, 9.17) is 4.74 Å². The molecule has 0 atom stereocenters. The Labute approximate surface area is 162 Å². The van der Waals surface area contributed by atoms with Gasteiger partial charge in [-0.15, -0.1) is 12.4 Å². The molecule has 1 saturated heterocycles. The van der Waals surface area contributed by atoms with Gasteiger partial charge in [0.2, 0.25) is 0 Å². The fraction of sp³-hybridized carbons (Fsp3) is 0.789. The van der Waals surface area contributed by atoms with Crippen molar-refractivity contribution < 1.29 is 9.53 Å². The molecule has 1 amide bonds. The van der Waals surface area contributed by atoms with Gasteiger partial charge >= 0.3 is 0 Å². The number of hydrogen-bond donors (Lipinski definition) is 2. The summed E-state index contributed by atoms with van der Waals surface area (Å²) in [4.78, 5) is 12.9. The van der Waals surface area contributed by atoms with Gasteiger partial charge in [0.15, 0.2) is 0 Å². The van der Waals surface area contributed by atoms with Gasteiger partial charge in [0, 0.05) is 38.2 Å². The highest BCUT2D eigenvalue weighted by molar-refractivity contribution is 5.95. The second-order valence-electron chi connectivity index (χ2n) is 7.80. The van der Waals surface area contributed by atoms with Gasteiger partial charge in [-0.25, -0.2) is 0 Å². The summed E-state index contributed by atoms with van der Waals surface area (Å²) in [6.45, 7) is 3.33. The molecule has 0 bridgehead atoms. The minimum Gasteiger partial charge on any atom is -0.384 e. The smallest absolute Gasteiger partial charge is 0.254 e. The van der Waals surface area contributed by atoms with Crippen LogP contribution >= 0.6 is 12.4 Å². The van der Waals surface area contributed by atoms with Crippen LogP contribution in [-0.2, 0) is 11.8 Å². The van der Waals surface area contributed by atoms with Crippen molar-refractivity contribution in [2.45, 2.75) is 50.9 Å². The van der Waals surface area contributed by atoms with Gasteiger partial charge in [0.05, 0.1) is 17.9 Å². The van der Waals surface area contributed by atoms with E-state index in [1.807, 2.05) is 13.2 Å². The first-order valence-corrected chi connectivity index (χ1v) is 9.65. The number of nitrogens with one attached hydrogen (secondary N) is 2. The third kappa shape index (κ3) is 4.99. The summed E-state index contributed by atoms with van der Waals surface area (Å²) in [6.07, 6.45) is 10.0. The Hall–Kier alpha value is -1.11.